The minimum absolute atomic E-state index is 0.00940. The Morgan fingerprint density at radius 1 is 1.60 bits per heavy atom. The average Bonchev–Trinajstić information content (AvgIpc) is 2.23. The van der Waals surface area contributed by atoms with Gasteiger partial charge in [-0.2, -0.15) is 0 Å². The van der Waals surface area contributed by atoms with Gasteiger partial charge in [-0.25, -0.2) is 9.18 Å². The van der Waals surface area contributed by atoms with Crippen LogP contribution in [-0.4, -0.2) is 19.4 Å². The summed E-state index contributed by atoms with van der Waals surface area (Å²) in [6.45, 7) is 1.57. The van der Waals surface area contributed by atoms with Gasteiger partial charge in [-0.15, -0.1) is 0 Å². The van der Waals surface area contributed by atoms with Crippen molar-refractivity contribution in [2.24, 2.45) is 0 Å². The van der Waals surface area contributed by atoms with Crippen molar-refractivity contribution in [3.05, 3.63) is 33.6 Å². The first kappa shape index (κ1) is 11.7. The Morgan fingerprint density at radius 2 is 2.20 bits per heavy atom. The van der Waals surface area contributed by atoms with Crippen LogP contribution in [0.2, 0.25) is 5.02 Å². The number of hydrogen-bond acceptors (Lipinski definition) is 3. The first-order chi connectivity index (χ1) is 7.02. The van der Waals surface area contributed by atoms with Crippen molar-refractivity contribution in [2.45, 2.75) is 6.92 Å². The summed E-state index contributed by atoms with van der Waals surface area (Å²) in [5, 5.41) is 0.00940. The van der Waals surface area contributed by atoms with E-state index in [1.807, 2.05) is 0 Å². The lowest BCUT2D eigenvalue weighted by Crippen LogP contribution is -2.08. The van der Waals surface area contributed by atoms with Crippen LogP contribution in [0, 0.1) is 12.7 Å². The van der Waals surface area contributed by atoms with Crippen LogP contribution >= 0.6 is 11.6 Å². The topological polar surface area (TPSA) is 43.4 Å². The van der Waals surface area contributed by atoms with Crippen LogP contribution in [0.15, 0.2) is 6.07 Å². The number of aryl methyl sites for hydroxylation is 1. The van der Waals surface area contributed by atoms with E-state index in [1.165, 1.54) is 6.07 Å². The van der Waals surface area contributed by atoms with Gasteiger partial charge in [0, 0.05) is 0 Å². The largest absolute Gasteiger partial charge is 0.465 e. The van der Waals surface area contributed by atoms with Crippen LogP contribution in [0.4, 0.5) is 4.39 Å². The molecule has 0 aliphatic carbocycles. The molecule has 0 saturated carbocycles. The summed E-state index contributed by atoms with van der Waals surface area (Å²) >= 11 is 5.70. The lowest BCUT2D eigenvalue weighted by Gasteiger charge is -2.07. The molecule has 0 spiro atoms. The van der Waals surface area contributed by atoms with E-state index in [9.17, 15) is 14.0 Å². The number of ether oxygens (including phenoxy) is 1. The Bertz CT molecular complexity index is 429. The second-order valence-corrected chi connectivity index (χ2v) is 3.27. The Kier molecular flexibility index (Phi) is 3.42. The average molecular weight is 231 g/mol. The summed E-state index contributed by atoms with van der Waals surface area (Å²) in [4.78, 5) is 21.7. The summed E-state index contributed by atoms with van der Waals surface area (Å²) in [7, 11) is 1.13. The van der Waals surface area contributed by atoms with Gasteiger partial charge in [0.1, 0.15) is 5.82 Å². The minimum Gasteiger partial charge on any atom is -0.465 e. The first-order valence-corrected chi connectivity index (χ1v) is 4.42. The number of carbonyl (C=O) groups excluding carboxylic acids is 2. The second kappa shape index (κ2) is 4.40. The molecule has 3 nitrogen and oxygen atoms in total. The third-order valence-corrected chi connectivity index (χ3v) is 2.44. The smallest absolute Gasteiger partial charge is 0.340 e. The highest BCUT2D eigenvalue weighted by molar-refractivity contribution is 6.33. The van der Waals surface area contributed by atoms with Gasteiger partial charge in [0.2, 0.25) is 0 Å². The van der Waals surface area contributed by atoms with Gasteiger partial charge in [0.05, 0.1) is 23.3 Å². The molecule has 1 aromatic rings. The molecule has 15 heavy (non-hydrogen) atoms. The maximum Gasteiger partial charge on any atom is 0.340 e. The van der Waals surface area contributed by atoms with E-state index < -0.39 is 11.8 Å². The van der Waals surface area contributed by atoms with E-state index in [0.717, 1.165) is 7.11 Å². The normalized spacial score (nSPS) is 9.87. The van der Waals surface area contributed by atoms with Crippen LogP contribution in [0.1, 0.15) is 26.3 Å². The van der Waals surface area contributed by atoms with Crippen LogP contribution in [0.25, 0.3) is 0 Å². The van der Waals surface area contributed by atoms with E-state index >= 15 is 0 Å². The Labute approximate surface area is 90.8 Å². The number of hydrogen-bond donors (Lipinski definition) is 0. The molecule has 0 heterocycles. The maximum absolute atomic E-state index is 13.5. The number of aldehydes is 1. The molecule has 0 bridgehead atoms. The fourth-order valence-electron chi connectivity index (χ4n) is 1.16. The lowest BCUT2D eigenvalue weighted by atomic mass is 10.1. The number of carbonyl (C=O) groups is 2. The van der Waals surface area contributed by atoms with Crippen LogP contribution < -0.4 is 0 Å². The van der Waals surface area contributed by atoms with Gasteiger partial charge in [0.25, 0.3) is 0 Å². The van der Waals surface area contributed by atoms with Gasteiger partial charge in [-0.3, -0.25) is 4.79 Å². The van der Waals surface area contributed by atoms with E-state index in [-0.39, 0.29) is 22.4 Å². The van der Waals surface area contributed by atoms with E-state index in [2.05, 4.69) is 4.74 Å². The van der Waals surface area contributed by atoms with Crippen molar-refractivity contribution in [1.29, 1.82) is 0 Å². The van der Waals surface area contributed by atoms with Crippen molar-refractivity contribution in [1.82, 2.24) is 0 Å². The molecule has 0 aliphatic rings. The van der Waals surface area contributed by atoms with Crippen molar-refractivity contribution in [3.8, 4) is 0 Å². The SMILES string of the molecule is COC(=O)c1cc(C)c(Cl)c(C=O)c1F. The van der Waals surface area contributed by atoms with Crippen LogP contribution in [0.5, 0.6) is 0 Å². The number of esters is 1. The molecule has 0 atom stereocenters. The zero-order chi connectivity index (χ0) is 11.6. The fraction of sp³-hybridized carbons (Fsp3) is 0.200. The molecule has 0 fully saturated rings. The van der Waals surface area contributed by atoms with Gasteiger partial charge >= 0.3 is 5.97 Å². The third kappa shape index (κ3) is 1.99. The number of halogens is 2. The summed E-state index contributed by atoms with van der Waals surface area (Å²) < 4.78 is 17.9. The minimum atomic E-state index is -0.951. The molecule has 0 aromatic heterocycles. The summed E-state index contributed by atoms with van der Waals surface area (Å²) in [6, 6.07) is 1.25. The highest BCUT2D eigenvalue weighted by atomic mass is 35.5. The molecule has 1 rings (SSSR count). The molecule has 0 N–H and O–H groups in total. The van der Waals surface area contributed by atoms with Gasteiger partial charge in [-0.05, 0) is 18.6 Å². The number of rotatable bonds is 2. The predicted molar refractivity (Wildman–Crippen MR) is 52.9 cm³/mol. The molecular weight excluding hydrogens is 223 g/mol. The van der Waals surface area contributed by atoms with Crippen LogP contribution in [0.3, 0.4) is 0 Å². The van der Waals surface area contributed by atoms with Crippen molar-refractivity contribution in [3.63, 3.8) is 0 Å². The molecule has 0 radical (unpaired) electrons. The monoisotopic (exact) mass is 230 g/mol. The predicted octanol–water partition coefficient (Wildman–Crippen LogP) is 2.39. The standard InChI is InChI=1S/C10H8ClFO3/c1-5-3-6(10(14)15-2)9(12)7(4-13)8(5)11/h3-4H,1-2H3. The molecule has 0 saturated heterocycles. The Hall–Kier alpha value is -1.42. The van der Waals surface area contributed by atoms with Gasteiger partial charge in [0.15, 0.2) is 6.29 Å². The van der Waals surface area contributed by atoms with Crippen molar-refractivity contribution < 1.29 is 18.7 Å². The molecule has 80 valence electrons. The molecule has 0 aliphatic heterocycles. The van der Waals surface area contributed by atoms with E-state index in [1.54, 1.807) is 6.92 Å². The number of methoxy groups -OCH3 is 1. The Balaban J connectivity index is 3.50. The van der Waals surface area contributed by atoms with Crippen molar-refractivity contribution >= 4 is 23.9 Å². The van der Waals surface area contributed by atoms with Gasteiger partial charge in [-0.1, -0.05) is 11.6 Å². The first-order valence-electron chi connectivity index (χ1n) is 4.05. The highest BCUT2D eigenvalue weighted by Crippen LogP contribution is 2.25. The summed E-state index contributed by atoms with van der Waals surface area (Å²) in [5.41, 5.74) is -0.167. The quantitative estimate of drug-likeness (QED) is 0.579. The van der Waals surface area contributed by atoms with Crippen molar-refractivity contribution in [2.75, 3.05) is 7.11 Å². The Morgan fingerprint density at radius 3 is 2.67 bits per heavy atom. The van der Waals surface area contributed by atoms with E-state index in [4.69, 9.17) is 11.6 Å². The third-order valence-electron chi connectivity index (χ3n) is 1.94. The molecule has 0 unspecified atom stereocenters. The van der Waals surface area contributed by atoms with E-state index in [0.29, 0.717) is 5.56 Å². The maximum atomic E-state index is 13.5. The zero-order valence-corrected chi connectivity index (χ0v) is 8.89. The highest BCUT2D eigenvalue weighted by Gasteiger charge is 2.19. The summed E-state index contributed by atoms with van der Waals surface area (Å²) in [5.74, 6) is -1.79. The molecular formula is C10H8ClFO3. The second-order valence-electron chi connectivity index (χ2n) is 2.89. The molecule has 0 amide bonds. The fourth-order valence-corrected chi connectivity index (χ4v) is 1.34. The molecule has 5 heteroatoms. The summed E-state index contributed by atoms with van der Waals surface area (Å²) in [6.07, 6.45) is 0.275. The van der Waals surface area contributed by atoms with Crippen LogP contribution in [-0.2, 0) is 4.74 Å². The lowest BCUT2D eigenvalue weighted by molar-refractivity contribution is 0.0595. The molecule has 1 aromatic carbocycles. The number of benzene rings is 1. The zero-order valence-electron chi connectivity index (χ0n) is 8.14. The van der Waals surface area contributed by atoms with Gasteiger partial charge < -0.3 is 4.74 Å².